The van der Waals surface area contributed by atoms with Crippen molar-refractivity contribution in [3.05, 3.63) is 30.3 Å². The predicted octanol–water partition coefficient (Wildman–Crippen LogP) is 2.10. The zero-order chi connectivity index (χ0) is 13.4. The summed E-state index contributed by atoms with van der Waals surface area (Å²) in [5.41, 5.74) is 0. The minimum atomic E-state index is -0.971. The van der Waals surface area contributed by atoms with Crippen LogP contribution in [0.1, 0.15) is 13.3 Å². The molecule has 0 heterocycles. The van der Waals surface area contributed by atoms with Crippen molar-refractivity contribution in [2.45, 2.75) is 18.2 Å². The molecule has 0 saturated carbocycles. The van der Waals surface area contributed by atoms with E-state index in [-0.39, 0.29) is 18.2 Å². The maximum Gasteiger partial charge on any atom is 0.323 e. The maximum atomic E-state index is 11.9. The molecule has 0 aromatic heterocycles. The number of amides is 1. The van der Waals surface area contributed by atoms with E-state index in [1.165, 1.54) is 16.7 Å². The number of aliphatic carboxylic acids is 1. The van der Waals surface area contributed by atoms with Gasteiger partial charge in [0.05, 0.1) is 5.75 Å². The van der Waals surface area contributed by atoms with Crippen LogP contribution < -0.4 is 0 Å². The van der Waals surface area contributed by atoms with Crippen LogP contribution in [-0.4, -0.2) is 40.7 Å². The van der Waals surface area contributed by atoms with Crippen LogP contribution >= 0.6 is 11.8 Å². The molecule has 1 amide bonds. The SMILES string of the molecule is CCCN(CC(=O)O)C(=O)CSc1ccccc1. The largest absolute Gasteiger partial charge is 0.480 e. The Morgan fingerprint density at radius 3 is 2.50 bits per heavy atom. The molecule has 0 spiro atoms. The second-order valence-electron chi connectivity index (χ2n) is 3.81. The Morgan fingerprint density at radius 1 is 1.28 bits per heavy atom. The highest BCUT2D eigenvalue weighted by Crippen LogP contribution is 2.17. The Bertz CT molecular complexity index is 394. The third-order valence-electron chi connectivity index (χ3n) is 2.28. The van der Waals surface area contributed by atoms with Gasteiger partial charge in [-0.1, -0.05) is 25.1 Å². The molecule has 0 aliphatic heterocycles. The van der Waals surface area contributed by atoms with E-state index in [2.05, 4.69) is 0 Å². The molecule has 1 aromatic rings. The number of thioether (sulfide) groups is 1. The van der Waals surface area contributed by atoms with Crippen LogP contribution in [0.15, 0.2) is 35.2 Å². The van der Waals surface area contributed by atoms with E-state index in [0.717, 1.165) is 11.3 Å². The lowest BCUT2D eigenvalue weighted by molar-refractivity contribution is -0.143. The fraction of sp³-hybridized carbons (Fsp3) is 0.385. The van der Waals surface area contributed by atoms with Crippen LogP contribution in [0.5, 0.6) is 0 Å². The molecule has 0 unspecified atom stereocenters. The molecule has 0 bridgehead atoms. The molecule has 0 aliphatic carbocycles. The highest BCUT2D eigenvalue weighted by Gasteiger charge is 2.15. The number of carbonyl (C=O) groups is 2. The Balaban J connectivity index is 2.48. The summed E-state index contributed by atoms with van der Waals surface area (Å²) in [5.74, 6) is -0.827. The minimum absolute atomic E-state index is 0.131. The number of carbonyl (C=O) groups excluding carboxylic acids is 1. The highest BCUT2D eigenvalue weighted by atomic mass is 32.2. The first-order valence-corrected chi connectivity index (χ1v) is 6.79. The summed E-state index contributed by atoms with van der Waals surface area (Å²) >= 11 is 1.43. The number of nitrogens with zero attached hydrogens (tertiary/aromatic N) is 1. The van der Waals surface area contributed by atoms with Crippen molar-refractivity contribution < 1.29 is 14.7 Å². The molecule has 1 rings (SSSR count). The van der Waals surface area contributed by atoms with Crippen molar-refractivity contribution in [3.63, 3.8) is 0 Å². The third-order valence-corrected chi connectivity index (χ3v) is 3.27. The van der Waals surface area contributed by atoms with Gasteiger partial charge in [-0.25, -0.2) is 0 Å². The molecule has 98 valence electrons. The summed E-state index contributed by atoms with van der Waals surface area (Å²) in [6, 6.07) is 9.60. The van der Waals surface area contributed by atoms with Gasteiger partial charge >= 0.3 is 5.97 Å². The van der Waals surface area contributed by atoms with E-state index in [4.69, 9.17) is 5.11 Å². The summed E-state index contributed by atoms with van der Waals surface area (Å²) in [4.78, 5) is 24.9. The van der Waals surface area contributed by atoms with Gasteiger partial charge in [-0.15, -0.1) is 11.8 Å². The molecule has 1 aromatic carbocycles. The predicted molar refractivity (Wildman–Crippen MR) is 71.7 cm³/mol. The first kappa shape index (κ1) is 14.6. The lowest BCUT2D eigenvalue weighted by Gasteiger charge is -2.19. The van der Waals surface area contributed by atoms with Crippen molar-refractivity contribution in [1.29, 1.82) is 0 Å². The minimum Gasteiger partial charge on any atom is -0.480 e. The molecular weight excluding hydrogens is 250 g/mol. The summed E-state index contributed by atoms with van der Waals surface area (Å²) in [6.07, 6.45) is 0.759. The smallest absolute Gasteiger partial charge is 0.323 e. The normalized spacial score (nSPS) is 10.1. The second-order valence-corrected chi connectivity index (χ2v) is 4.86. The fourth-order valence-corrected chi connectivity index (χ4v) is 2.30. The molecular formula is C13H17NO3S. The Hall–Kier alpha value is -1.49. The number of carboxylic acid groups (broad SMARTS) is 1. The molecule has 1 N–H and O–H groups in total. The standard InChI is InChI=1S/C13H17NO3S/c1-2-8-14(9-13(16)17)12(15)10-18-11-6-4-3-5-7-11/h3-7H,2,8-10H2,1H3,(H,16,17). The van der Waals surface area contributed by atoms with Crippen molar-refractivity contribution >= 4 is 23.6 Å². The average molecular weight is 267 g/mol. The Morgan fingerprint density at radius 2 is 1.94 bits per heavy atom. The van der Waals surface area contributed by atoms with Gasteiger partial charge < -0.3 is 10.0 Å². The number of hydrogen-bond donors (Lipinski definition) is 1. The first-order chi connectivity index (χ1) is 8.63. The van der Waals surface area contributed by atoms with Gasteiger partial charge in [0.2, 0.25) is 5.91 Å². The summed E-state index contributed by atoms with van der Waals surface area (Å²) in [7, 11) is 0. The van der Waals surface area contributed by atoms with E-state index < -0.39 is 5.97 Å². The monoisotopic (exact) mass is 267 g/mol. The Kier molecular flexibility index (Phi) is 6.28. The average Bonchev–Trinajstić information content (AvgIpc) is 2.36. The van der Waals surface area contributed by atoms with Gasteiger partial charge in [0, 0.05) is 11.4 Å². The van der Waals surface area contributed by atoms with Crippen molar-refractivity contribution in [1.82, 2.24) is 4.90 Å². The lowest BCUT2D eigenvalue weighted by Crippen LogP contribution is -2.37. The molecule has 5 heteroatoms. The van der Waals surface area contributed by atoms with Crippen LogP contribution in [0.3, 0.4) is 0 Å². The van der Waals surface area contributed by atoms with E-state index in [9.17, 15) is 9.59 Å². The van der Waals surface area contributed by atoms with Crippen LogP contribution in [0.4, 0.5) is 0 Å². The first-order valence-electron chi connectivity index (χ1n) is 5.81. The number of benzene rings is 1. The second kappa shape index (κ2) is 7.76. The van der Waals surface area contributed by atoms with Gasteiger partial charge in [-0.3, -0.25) is 9.59 Å². The zero-order valence-electron chi connectivity index (χ0n) is 10.3. The van der Waals surface area contributed by atoms with Gasteiger partial charge in [-0.2, -0.15) is 0 Å². The van der Waals surface area contributed by atoms with Crippen molar-refractivity contribution in [2.24, 2.45) is 0 Å². The molecule has 0 saturated heterocycles. The fourth-order valence-electron chi connectivity index (χ4n) is 1.48. The number of hydrogen-bond acceptors (Lipinski definition) is 3. The van der Waals surface area contributed by atoms with Crippen molar-refractivity contribution in [3.8, 4) is 0 Å². The molecule has 0 atom stereocenters. The topological polar surface area (TPSA) is 57.6 Å². The van der Waals surface area contributed by atoms with Crippen LogP contribution in [-0.2, 0) is 9.59 Å². The van der Waals surface area contributed by atoms with Crippen LogP contribution in [0, 0.1) is 0 Å². The summed E-state index contributed by atoms with van der Waals surface area (Å²) in [5, 5.41) is 8.74. The van der Waals surface area contributed by atoms with E-state index in [1.54, 1.807) is 0 Å². The molecule has 4 nitrogen and oxygen atoms in total. The van der Waals surface area contributed by atoms with Gasteiger partial charge in [-0.05, 0) is 18.6 Å². The van der Waals surface area contributed by atoms with Crippen LogP contribution in [0.2, 0.25) is 0 Å². The molecule has 0 fully saturated rings. The summed E-state index contributed by atoms with van der Waals surface area (Å²) < 4.78 is 0. The highest BCUT2D eigenvalue weighted by molar-refractivity contribution is 8.00. The Labute approximate surface area is 111 Å². The van der Waals surface area contributed by atoms with Crippen molar-refractivity contribution in [2.75, 3.05) is 18.8 Å². The summed E-state index contributed by atoms with van der Waals surface area (Å²) in [6.45, 7) is 2.19. The van der Waals surface area contributed by atoms with E-state index in [1.807, 2.05) is 37.3 Å². The van der Waals surface area contributed by atoms with Gasteiger partial charge in [0.15, 0.2) is 0 Å². The van der Waals surface area contributed by atoms with E-state index in [0.29, 0.717) is 6.54 Å². The number of rotatable bonds is 7. The molecule has 0 radical (unpaired) electrons. The van der Waals surface area contributed by atoms with E-state index >= 15 is 0 Å². The zero-order valence-corrected chi connectivity index (χ0v) is 11.2. The molecule has 18 heavy (non-hydrogen) atoms. The molecule has 0 aliphatic rings. The third kappa shape index (κ3) is 5.23. The van der Waals surface area contributed by atoms with Gasteiger partial charge in [0.25, 0.3) is 0 Å². The van der Waals surface area contributed by atoms with Gasteiger partial charge in [0.1, 0.15) is 6.54 Å². The number of carboxylic acids is 1. The van der Waals surface area contributed by atoms with Crippen LogP contribution in [0.25, 0.3) is 0 Å². The quantitative estimate of drug-likeness (QED) is 0.769. The maximum absolute atomic E-state index is 11.9. The lowest BCUT2D eigenvalue weighted by atomic mass is 10.4.